The van der Waals surface area contributed by atoms with Gasteiger partial charge in [-0.3, -0.25) is 0 Å². The number of carbonyl (C=O) groups is 1. The summed E-state index contributed by atoms with van der Waals surface area (Å²) < 4.78 is 5.80. The van der Waals surface area contributed by atoms with E-state index in [-0.39, 0.29) is 0 Å². The summed E-state index contributed by atoms with van der Waals surface area (Å²) in [4.78, 5) is 12.7. The topological polar surface area (TPSA) is 26.3 Å². The van der Waals surface area contributed by atoms with Crippen molar-refractivity contribution in [1.29, 1.82) is 0 Å². The molecule has 0 saturated heterocycles. The molecule has 0 amide bonds. The quantitative estimate of drug-likeness (QED) is 0.492. The first kappa shape index (κ1) is 17.6. The summed E-state index contributed by atoms with van der Waals surface area (Å²) in [6, 6.07) is 23.8. The molecule has 3 aromatic rings. The molecule has 3 rings (SSSR count). The van der Waals surface area contributed by atoms with Crippen LogP contribution in [0.2, 0.25) is 5.02 Å². The molecule has 0 aliphatic carbocycles. The standard InChI is InChI=1S/C21H17ClO2S/c22-21-14-20(9-6-17(21)12-13-23)25-19-10-7-18(8-11-19)24-15-16-4-2-1-3-5-16/h1-11,13-14H,12,15H2. The molecule has 126 valence electrons. The molecule has 0 aliphatic heterocycles. The van der Waals surface area contributed by atoms with Gasteiger partial charge in [-0.1, -0.05) is 59.8 Å². The van der Waals surface area contributed by atoms with Gasteiger partial charge in [-0.05, 0) is 47.5 Å². The fraction of sp³-hybridized carbons (Fsp3) is 0.0952. The van der Waals surface area contributed by atoms with Crippen molar-refractivity contribution in [3.05, 3.63) is 88.9 Å². The van der Waals surface area contributed by atoms with E-state index >= 15 is 0 Å². The summed E-state index contributed by atoms with van der Waals surface area (Å²) in [5.74, 6) is 0.840. The number of carbonyl (C=O) groups excluding carboxylic acids is 1. The van der Waals surface area contributed by atoms with Gasteiger partial charge in [0.25, 0.3) is 0 Å². The Labute approximate surface area is 156 Å². The lowest BCUT2D eigenvalue weighted by Crippen LogP contribution is -1.94. The summed E-state index contributed by atoms with van der Waals surface area (Å²) in [6.45, 7) is 0.557. The minimum Gasteiger partial charge on any atom is -0.489 e. The Morgan fingerprint density at radius 2 is 1.64 bits per heavy atom. The van der Waals surface area contributed by atoms with Crippen LogP contribution in [-0.4, -0.2) is 6.29 Å². The molecule has 0 radical (unpaired) electrons. The maximum absolute atomic E-state index is 10.6. The molecule has 0 fully saturated rings. The Bertz CT molecular complexity index is 832. The highest BCUT2D eigenvalue weighted by Gasteiger charge is 2.04. The van der Waals surface area contributed by atoms with E-state index in [1.807, 2.05) is 72.8 Å². The van der Waals surface area contributed by atoms with E-state index in [4.69, 9.17) is 16.3 Å². The third kappa shape index (κ3) is 5.12. The van der Waals surface area contributed by atoms with E-state index in [1.54, 1.807) is 11.8 Å². The molecule has 0 aromatic heterocycles. The average Bonchev–Trinajstić information content (AvgIpc) is 2.64. The zero-order valence-corrected chi connectivity index (χ0v) is 15.1. The van der Waals surface area contributed by atoms with Gasteiger partial charge in [0, 0.05) is 21.2 Å². The molecule has 0 spiro atoms. The Morgan fingerprint density at radius 1 is 0.920 bits per heavy atom. The minimum absolute atomic E-state index is 0.344. The Hall–Kier alpha value is -2.23. The highest BCUT2D eigenvalue weighted by molar-refractivity contribution is 7.99. The van der Waals surface area contributed by atoms with Crippen molar-refractivity contribution in [2.75, 3.05) is 0 Å². The summed E-state index contributed by atoms with van der Waals surface area (Å²) in [5, 5.41) is 0.625. The highest BCUT2D eigenvalue weighted by Crippen LogP contribution is 2.32. The second-order valence-corrected chi connectivity index (χ2v) is 7.03. The molecule has 2 nitrogen and oxygen atoms in total. The smallest absolute Gasteiger partial charge is 0.124 e. The van der Waals surface area contributed by atoms with Gasteiger partial charge in [0.05, 0.1) is 0 Å². The number of ether oxygens (including phenoxy) is 1. The molecule has 0 unspecified atom stereocenters. The van der Waals surface area contributed by atoms with Crippen molar-refractivity contribution in [3.63, 3.8) is 0 Å². The van der Waals surface area contributed by atoms with Gasteiger partial charge in [-0.25, -0.2) is 0 Å². The van der Waals surface area contributed by atoms with Crippen molar-refractivity contribution in [2.45, 2.75) is 22.8 Å². The van der Waals surface area contributed by atoms with Gasteiger partial charge in [0.2, 0.25) is 0 Å². The van der Waals surface area contributed by atoms with Crippen LogP contribution in [0.3, 0.4) is 0 Å². The van der Waals surface area contributed by atoms with Crippen LogP contribution in [0, 0.1) is 0 Å². The maximum atomic E-state index is 10.6. The molecule has 25 heavy (non-hydrogen) atoms. The lowest BCUT2D eigenvalue weighted by atomic mass is 10.2. The first-order chi connectivity index (χ1) is 12.2. The monoisotopic (exact) mass is 368 g/mol. The fourth-order valence-electron chi connectivity index (χ4n) is 2.33. The van der Waals surface area contributed by atoms with Crippen LogP contribution < -0.4 is 4.74 Å². The van der Waals surface area contributed by atoms with E-state index in [2.05, 4.69) is 0 Å². The van der Waals surface area contributed by atoms with E-state index in [1.165, 1.54) is 0 Å². The van der Waals surface area contributed by atoms with Crippen molar-refractivity contribution >= 4 is 29.6 Å². The highest BCUT2D eigenvalue weighted by atomic mass is 35.5. The molecule has 3 aromatic carbocycles. The van der Waals surface area contributed by atoms with Gasteiger partial charge in [-0.15, -0.1) is 0 Å². The fourth-order valence-corrected chi connectivity index (χ4v) is 3.51. The summed E-state index contributed by atoms with van der Waals surface area (Å²) in [5.41, 5.74) is 2.00. The van der Waals surface area contributed by atoms with Gasteiger partial charge in [0.1, 0.15) is 18.6 Å². The summed E-state index contributed by atoms with van der Waals surface area (Å²) in [6.07, 6.45) is 1.21. The minimum atomic E-state index is 0.344. The van der Waals surface area contributed by atoms with E-state index in [0.717, 1.165) is 33.0 Å². The number of halogens is 1. The number of hydrogen-bond acceptors (Lipinski definition) is 3. The molecular weight excluding hydrogens is 352 g/mol. The number of aldehydes is 1. The van der Waals surface area contributed by atoms with Crippen LogP contribution in [-0.2, 0) is 17.8 Å². The first-order valence-electron chi connectivity index (χ1n) is 7.91. The molecule has 4 heteroatoms. The van der Waals surface area contributed by atoms with Gasteiger partial charge in [-0.2, -0.15) is 0 Å². The zero-order valence-electron chi connectivity index (χ0n) is 13.5. The summed E-state index contributed by atoms with van der Waals surface area (Å²) >= 11 is 7.83. The molecule has 0 atom stereocenters. The Kier molecular flexibility index (Phi) is 6.15. The third-order valence-electron chi connectivity index (χ3n) is 3.64. The number of benzene rings is 3. The Balaban J connectivity index is 1.60. The molecule has 0 aliphatic rings. The molecular formula is C21H17ClO2S. The second kappa shape index (κ2) is 8.75. The van der Waals surface area contributed by atoms with Crippen LogP contribution in [0.4, 0.5) is 0 Å². The van der Waals surface area contributed by atoms with Gasteiger partial charge >= 0.3 is 0 Å². The molecule has 0 heterocycles. The average molecular weight is 369 g/mol. The van der Waals surface area contributed by atoms with E-state index in [0.29, 0.717) is 18.1 Å². The van der Waals surface area contributed by atoms with Crippen molar-refractivity contribution in [2.24, 2.45) is 0 Å². The predicted octanol–water partition coefficient (Wildman–Crippen LogP) is 5.81. The predicted molar refractivity (Wildman–Crippen MR) is 103 cm³/mol. The summed E-state index contributed by atoms with van der Waals surface area (Å²) in [7, 11) is 0. The lowest BCUT2D eigenvalue weighted by Gasteiger charge is -2.08. The van der Waals surface area contributed by atoms with Gasteiger partial charge in [0.15, 0.2) is 0 Å². The largest absolute Gasteiger partial charge is 0.489 e. The zero-order chi connectivity index (χ0) is 17.5. The molecule has 0 saturated carbocycles. The maximum Gasteiger partial charge on any atom is 0.124 e. The van der Waals surface area contributed by atoms with Crippen LogP contribution in [0.15, 0.2) is 82.6 Å². The third-order valence-corrected chi connectivity index (χ3v) is 4.98. The van der Waals surface area contributed by atoms with Crippen LogP contribution in [0.5, 0.6) is 5.75 Å². The number of rotatable bonds is 7. The first-order valence-corrected chi connectivity index (χ1v) is 9.11. The van der Waals surface area contributed by atoms with E-state index in [9.17, 15) is 4.79 Å². The van der Waals surface area contributed by atoms with E-state index < -0.39 is 0 Å². The molecule has 0 N–H and O–H groups in total. The second-order valence-electron chi connectivity index (χ2n) is 5.47. The van der Waals surface area contributed by atoms with Crippen molar-refractivity contribution < 1.29 is 9.53 Å². The lowest BCUT2D eigenvalue weighted by molar-refractivity contribution is -0.107. The van der Waals surface area contributed by atoms with Crippen molar-refractivity contribution in [1.82, 2.24) is 0 Å². The van der Waals surface area contributed by atoms with Crippen molar-refractivity contribution in [3.8, 4) is 5.75 Å². The number of hydrogen-bond donors (Lipinski definition) is 0. The van der Waals surface area contributed by atoms with Crippen LogP contribution in [0.1, 0.15) is 11.1 Å². The Morgan fingerprint density at radius 3 is 2.32 bits per heavy atom. The van der Waals surface area contributed by atoms with Crippen LogP contribution >= 0.6 is 23.4 Å². The molecule has 0 bridgehead atoms. The van der Waals surface area contributed by atoms with Gasteiger partial charge < -0.3 is 9.53 Å². The SMILES string of the molecule is O=CCc1ccc(Sc2ccc(OCc3ccccc3)cc2)cc1Cl. The van der Waals surface area contributed by atoms with Crippen LogP contribution in [0.25, 0.3) is 0 Å². The normalized spacial score (nSPS) is 10.4.